The Labute approximate surface area is 183 Å². The maximum Gasteiger partial charge on any atom is 0.230 e. The number of H-pyrrole nitrogens is 1. The largest absolute Gasteiger partial charge is 0.342 e. The van der Waals surface area contributed by atoms with E-state index < -0.39 is 0 Å². The second kappa shape index (κ2) is 8.44. The molecule has 1 N–H and O–H groups in total. The van der Waals surface area contributed by atoms with E-state index in [9.17, 15) is 9.59 Å². The van der Waals surface area contributed by atoms with Crippen LogP contribution < -0.4 is 0 Å². The van der Waals surface area contributed by atoms with Crippen molar-refractivity contribution >= 4 is 11.8 Å². The second-order valence-electron chi connectivity index (χ2n) is 9.32. The number of likely N-dealkylation sites (tertiary alicyclic amines) is 1. The lowest BCUT2D eigenvalue weighted by molar-refractivity contribution is -0.156. The van der Waals surface area contributed by atoms with E-state index in [2.05, 4.69) is 27.0 Å². The Kier molecular flexibility index (Phi) is 5.50. The van der Waals surface area contributed by atoms with Crippen molar-refractivity contribution in [3.63, 3.8) is 0 Å². The van der Waals surface area contributed by atoms with Crippen LogP contribution in [0, 0.1) is 11.8 Å². The number of aromatic nitrogens is 3. The number of carbonyl (C=O) groups is 2. The van der Waals surface area contributed by atoms with Gasteiger partial charge in [-0.05, 0) is 37.5 Å². The summed E-state index contributed by atoms with van der Waals surface area (Å²) in [5.74, 6) is 2.46. The van der Waals surface area contributed by atoms with Crippen LogP contribution in [0.15, 0.2) is 30.3 Å². The quantitative estimate of drug-likeness (QED) is 0.804. The molecule has 5 rings (SSSR count). The molecule has 2 bridgehead atoms. The Bertz CT molecular complexity index is 942. The van der Waals surface area contributed by atoms with Gasteiger partial charge in [-0.2, -0.15) is 5.10 Å². The van der Waals surface area contributed by atoms with Crippen LogP contribution in [-0.2, 0) is 16.0 Å². The fourth-order valence-corrected chi connectivity index (χ4v) is 5.99. The first-order chi connectivity index (χ1) is 15.1. The van der Waals surface area contributed by atoms with Crippen LogP contribution in [0.4, 0.5) is 0 Å². The molecule has 0 radical (unpaired) electrons. The molecule has 2 amide bonds. The van der Waals surface area contributed by atoms with Crippen LogP contribution in [0.5, 0.6) is 0 Å². The molecular formula is C24H31N5O2. The normalized spacial score (nSPS) is 27.8. The molecule has 0 saturated carbocycles. The molecule has 3 saturated heterocycles. The molecule has 0 aliphatic carbocycles. The highest BCUT2D eigenvalue weighted by molar-refractivity contribution is 5.79. The number of aromatic amines is 1. The molecule has 7 nitrogen and oxygen atoms in total. The van der Waals surface area contributed by atoms with Crippen LogP contribution in [-0.4, -0.2) is 62.0 Å². The summed E-state index contributed by atoms with van der Waals surface area (Å²) in [7, 11) is 0. The average Bonchev–Trinajstić information content (AvgIpc) is 3.26. The number of nitrogens with zero attached hydrogens (tertiary/aromatic N) is 4. The van der Waals surface area contributed by atoms with Gasteiger partial charge in [-0.25, -0.2) is 4.98 Å². The van der Waals surface area contributed by atoms with Crippen molar-refractivity contribution in [1.29, 1.82) is 0 Å². The molecule has 4 heterocycles. The highest BCUT2D eigenvalue weighted by Crippen LogP contribution is 2.43. The number of nitrogens with one attached hydrogen (secondary N) is 1. The number of carbonyl (C=O) groups excluding carboxylic acids is 2. The van der Waals surface area contributed by atoms with E-state index in [0.717, 1.165) is 50.8 Å². The van der Waals surface area contributed by atoms with Crippen molar-refractivity contribution in [1.82, 2.24) is 25.0 Å². The predicted octanol–water partition coefficient (Wildman–Crippen LogP) is 3.04. The minimum atomic E-state index is 0.108. The lowest BCUT2D eigenvalue weighted by atomic mass is 9.71. The Morgan fingerprint density at radius 3 is 2.81 bits per heavy atom. The van der Waals surface area contributed by atoms with Gasteiger partial charge in [-0.15, -0.1) is 0 Å². The van der Waals surface area contributed by atoms with E-state index in [1.807, 2.05) is 35.2 Å². The summed E-state index contributed by atoms with van der Waals surface area (Å²) in [6.07, 6.45) is 6.23. The van der Waals surface area contributed by atoms with E-state index in [0.29, 0.717) is 41.9 Å². The minimum Gasteiger partial charge on any atom is -0.342 e. The maximum atomic E-state index is 13.2. The van der Waals surface area contributed by atoms with Crippen LogP contribution in [0.25, 0.3) is 11.4 Å². The Hall–Kier alpha value is -2.70. The average molecular weight is 422 g/mol. The SMILES string of the molecule is CCC[C@H]1[C@H]2C[C@H](CN(C(=O)Cc3nc(-c4ccccc4)n[nH]3)C2)[C@@H]2CCCC(=O)N21. The lowest BCUT2D eigenvalue weighted by Crippen LogP contribution is -2.65. The molecule has 1 aromatic carbocycles. The van der Waals surface area contributed by atoms with Gasteiger partial charge >= 0.3 is 0 Å². The second-order valence-corrected chi connectivity index (χ2v) is 9.32. The summed E-state index contributed by atoms with van der Waals surface area (Å²) in [5, 5.41) is 7.23. The molecule has 164 valence electrons. The Morgan fingerprint density at radius 2 is 2.00 bits per heavy atom. The molecule has 0 unspecified atom stereocenters. The molecule has 3 aliphatic rings. The number of amides is 2. The zero-order valence-electron chi connectivity index (χ0n) is 18.2. The minimum absolute atomic E-state index is 0.108. The van der Waals surface area contributed by atoms with Crippen LogP contribution in [0.2, 0.25) is 0 Å². The first-order valence-electron chi connectivity index (χ1n) is 11.7. The van der Waals surface area contributed by atoms with Crippen molar-refractivity contribution in [2.24, 2.45) is 11.8 Å². The number of hydrogen-bond acceptors (Lipinski definition) is 4. The molecule has 2 aromatic rings. The fourth-order valence-electron chi connectivity index (χ4n) is 5.99. The third-order valence-corrected chi connectivity index (χ3v) is 7.32. The van der Waals surface area contributed by atoms with E-state index in [4.69, 9.17) is 0 Å². The van der Waals surface area contributed by atoms with Gasteiger partial charge in [0, 0.05) is 37.2 Å². The summed E-state index contributed by atoms with van der Waals surface area (Å²) in [4.78, 5) is 34.7. The summed E-state index contributed by atoms with van der Waals surface area (Å²) in [6, 6.07) is 10.4. The van der Waals surface area contributed by atoms with E-state index in [-0.39, 0.29) is 18.4 Å². The van der Waals surface area contributed by atoms with Crippen molar-refractivity contribution in [2.45, 2.75) is 64.0 Å². The van der Waals surface area contributed by atoms with Gasteiger partial charge in [0.05, 0.1) is 6.42 Å². The third-order valence-electron chi connectivity index (χ3n) is 7.32. The van der Waals surface area contributed by atoms with Gasteiger partial charge in [0.15, 0.2) is 5.82 Å². The Balaban J connectivity index is 1.30. The monoisotopic (exact) mass is 421 g/mol. The topological polar surface area (TPSA) is 82.2 Å². The lowest BCUT2D eigenvalue weighted by Gasteiger charge is -2.56. The summed E-state index contributed by atoms with van der Waals surface area (Å²) >= 11 is 0. The van der Waals surface area contributed by atoms with Crippen molar-refractivity contribution in [3.05, 3.63) is 36.2 Å². The van der Waals surface area contributed by atoms with Gasteiger partial charge in [0.1, 0.15) is 5.82 Å². The standard InChI is InChI=1S/C24H31N5O2/c1-2-7-19-17-12-18(20-10-6-11-22(30)29(19)20)15-28(14-17)23(31)13-21-25-24(27-26-21)16-8-4-3-5-9-16/h3-5,8-9,17-20H,2,6-7,10-15H2,1H3,(H,25,26,27)/t17-,18+,19-,20-/m0/s1. The number of rotatable bonds is 5. The predicted molar refractivity (Wildman–Crippen MR) is 117 cm³/mol. The first kappa shape index (κ1) is 20.2. The highest BCUT2D eigenvalue weighted by Gasteiger charge is 2.49. The fraction of sp³-hybridized carbons (Fsp3) is 0.583. The van der Waals surface area contributed by atoms with Gasteiger partial charge in [0.2, 0.25) is 11.8 Å². The molecule has 0 spiro atoms. The van der Waals surface area contributed by atoms with Gasteiger partial charge in [0.25, 0.3) is 0 Å². The van der Waals surface area contributed by atoms with Crippen LogP contribution in [0.1, 0.15) is 51.3 Å². The summed E-state index contributed by atoms with van der Waals surface area (Å²) < 4.78 is 0. The first-order valence-corrected chi connectivity index (χ1v) is 11.7. The molecule has 4 atom stereocenters. The van der Waals surface area contributed by atoms with Crippen molar-refractivity contribution in [2.75, 3.05) is 13.1 Å². The van der Waals surface area contributed by atoms with Gasteiger partial charge in [-0.3, -0.25) is 14.7 Å². The number of piperidine rings is 3. The zero-order chi connectivity index (χ0) is 21.4. The van der Waals surface area contributed by atoms with Crippen molar-refractivity contribution in [3.8, 4) is 11.4 Å². The molecule has 3 fully saturated rings. The van der Waals surface area contributed by atoms with E-state index in [1.165, 1.54) is 0 Å². The smallest absolute Gasteiger partial charge is 0.230 e. The van der Waals surface area contributed by atoms with Crippen molar-refractivity contribution < 1.29 is 9.59 Å². The molecule has 7 heteroatoms. The molecule has 3 aliphatic heterocycles. The zero-order valence-corrected chi connectivity index (χ0v) is 18.2. The van der Waals surface area contributed by atoms with E-state index >= 15 is 0 Å². The number of benzene rings is 1. The summed E-state index contributed by atoms with van der Waals surface area (Å²) in [5.41, 5.74) is 0.939. The van der Waals surface area contributed by atoms with Gasteiger partial charge in [-0.1, -0.05) is 43.7 Å². The maximum absolute atomic E-state index is 13.2. The highest BCUT2D eigenvalue weighted by atomic mass is 16.2. The molecule has 1 aromatic heterocycles. The molecule has 31 heavy (non-hydrogen) atoms. The van der Waals surface area contributed by atoms with Gasteiger partial charge < -0.3 is 9.80 Å². The van der Waals surface area contributed by atoms with E-state index in [1.54, 1.807) is 0 Å². The third kappa shape index (κ3) is 3.86. The Morgan fingerprint density at radius 1 is 1.19 bits per heavy atom. The number of hydrogen-bond donors (Lipinski definition) is 1. The summed E-state index contributed by atoms with van der Waals surface area (Å²) in [6.45, 7) is 3.69. The molecular weight excluding hydrogens is 390 g/mol. The number of fused-ring (bicyclic) bond motifs is 4. The van der Waals surface area contributed by atoms with Crippen LogP contribution >= 0.6 is 0 Å². The van der Waals surface area contributed by atoms with Crippen LogP contribution in [0.3, 0.4) is 0 Å².